The first kappa shape index (κ1) is 29.0. The van der Waals surface area contributed by atoms with Gasteiger partial charge in [-0.05, 0) is 25.0 Å². The number of hydrogen-bond donors (Lipinski definition) is 0. The number of carbonyl (C=O) groups excluding carboxylic acids is 2. The van der Waals surface area contributed by atoms with Crippen LogP contribution in [-0.4, -0.2) is 75.4 Å². The molecule has 2 aromatic carbocycles. The number of benzene rings is 2. The van der Waals surface area contributed by atoms with Gasteiger partial charge in [-0.25, -0.2) is 9.59 Å². The van der Waals surface area contributed by atoms with Gasteiger partial charge in [0, 0.05) is 22.3 Å². The Balaban J connectivity index is 2.19. The van der Waals surface area contributed by atoms with E-state index in [1.54, 1.807) is 13.8 Å². The van der Waals surface area contributed by atoms with Gasteiger partial charge in [-0.2, -0.15) is 0 Å². The first-order chi connectivity index (χ1) is 16.8. The minimum atomic E-state index is -0.348. The van der Waals surface area contributed by atoms with Gasteiger partial charge in [0.2, 0.25) is 0 Å². The second-order valence-corrected chi connectivity index (χ2v) is 10.8. The molecule has 2 aromatic rings. The number of carbonyl (C=O) groups is 2. The molecule has 0 heterocycles. The third kappa shape index (κ3) is 9.10. The normalized spacial score (nSPS) is 11.6. The number of likely N-dealkylation sites (N-methyl/N-ethyl adjacent to an activating group) is 2. The maximum absolute atomic E-state index is 11.7. The average molecular weight is 495 g/mol. The van der Waals surface area contributed by atoms with Crippen molar-refractivity contribution in [2.75, 3.05) is 54.5 Å². The molecule has 0 saturated heterocycles. The second kappa shape index (κ2) is 12.7. The second-order valence-electron chi connectivity index (χ2n) is 10.8. The Morgan fingerprint density at radius 2 is 1.00 bits per heavy atom. The Kier molecular flexibility index (Phi) is 10.2. The minimum absolute atomic E-state index is 0.346. The van der Waals surface area contributed by atoms with E-state index in [0.29, 0.717) is 46.4 Å². The van der Waals surface area contributed by atoms with Crippen molar-refractivity contribution in [3.05, 3.63) is 84.0 Å². The van der Waals surface area contributed by atoms with Gasteiger partial charge in [-0.3, -0.25) is 0 Å². The molecule has 0 aliphatic rings. The summed E-state index contributed by atoms with van der Waals surface area (Å²) in [6.45, 7) is 14.3. The molecule has 6 heteroatoms. The molecule has 0 atom stereocenters. The summed E-state index contributed by atoms with van der Waals surface area (Å²) in [5.41, 5.74) is 5.71. The van der Waals surface area contributed by atoms with Crippen molar-refractivity contribution < 1.29 is 28.0 Å². The van der Waals surface area contributed by atoms with E-state index in [1.165, 1.54) is 22.3 Å². The van der Waals surface area contributed by atoms with Gasteiger partial charge >= 0.3 is 11.9 Å². The van der Waals surface area contributed by atoms with Crippen LogP contribution < -0.4 is 0 Å². The summed E-state index contributed by atoms with van der Waals surface area (Å²) < 4.78 is 12.0. The Labute approximate surface area is 216 Å². The topological polar surface area (TPSA) is 52.6 Å². The number of hydrogen-bond acceptors (Lipinski definition) is 4. The van der Waals surface area contributed by atoms with Gasteiger partial charge in [-0.15, -0.1) is 0 Å². The molecule has 0 radical (unpaired) electrons. The maximum Gasteiger partial charge on any atom is 0.333 e. The molecule has 6 nitrogen and oxygen atoms in total. The summed E-state index contributed by atoms with van der Waals surface area (Å²) >= 11 is 0. The molecule has 0 spiro atoms. The standard InChI is InChI=1S/C30H42N2O4/c1-23(2)29(33)35-19-17-31(5,6)21-25-13-9-11-15-27(25)28-16-12-10-14-26(28)22-32(7,8)18-20-36-30(34)24(3)4/h9-16H,1,3,17-22H2,2,4-8H3/q+2. The van der Waals surface area contributed by atoms with Crippen LogP contribution in [0.1, 0.15) is 25.0 Å². The van der Waals surface area contributed by atoms with Gasteiger partial charge in [0.25, 0.3) is 0 Å². The van der Waals surface area contributed by atoms with E-state index in [-0.39, 0.29) is 11.9 Å². The van der Waals surface area contributed by atoms with Crippen LogP contribution >= 0.6 is 0 Å². The van der Waals surface area contributed by atoms with Crippen molar-refractivity contribution in [1.29, 1.82) is 0 Å². The van der Waals surface area contributed by atoms with Crippen LogP contribution in [-0.2, 0) is 32.2 Å². The quantitative estimate of drug-likeness (QED) is 0.229. The predicted octanol–water partition coefficient (Wildman–Crippen LogP) is 4.75. The third-order valence-corrected chi connectivity index (χ3v) is 6.08. The van der Waals surface area contributed by atoms with Gasteiger partial charge in [0.05, 0.1) is 28.2 Å². The highest BCUT2D eigenvalue weighted by atomic mass is 16.5. The molecule has 194 valence electrons. The van der Waals surface area contributed by atoms with E-state index < -0.39 is 0 Å². The van der Waals surface area contributed by atoms with Crippen LogP contribution in [0, 0.1) is 0 Å². The summed E-state index contributed by atoms with van der Waals surface area (Å²) in [6.07, 6.45) is 0. The molecule has 2 rings (SSSR count). The first-order valence-corrected chi connectivity index (χ1v) is 12.3. The average Bonchev–Trinajstić information content (AvgIpc) is 2.79. The van der Waals surface area contributed by atoms with Gasteiger partial charge in [0.1, 0.15) is 39.4 Å². The molecule has 0 aromatic heterocycles. The van der Waals surface area contributed by atoms with Crippen molar-refractivity contribution in [2.24, 2.45) is 0 Å². The zero-order chi connectivity index (χ0) is 26.9. The highest BCUT2D eigenvalue weighted by Crippen LogP contribution is 2.30. The molecular formula is C30H42N2O4+2. The maximum atomic E-state index is 11.7. The summed E-state index contributed by atoms with van der Waals surface area (Å²) in [5.74, 6) is -0.695. The lowest BCUT2D eigenvalue weighted by molar-refractivity contribution is -0.903. The zero-order valence-corrected chi connectivity index (χ0v) is 22.8. The fraction of sp³-hybridized carbons (Fsp3) is 0.400. The number of rotatable bonds is 13. The van der Waals surface area contributed by atoms with E-state index in [2.05, 4.69) is 89.9 Å². The first-order valence-electron chi connectivity index (χ1n) is 12.3. The molecule has 36 heavy (non-hydrogen) atoms. The van der Waals surface area contributed by atoms with Crippen LogP contribution in [0.5, 0.6) is 0 Å². The predicted molar refractivity (Wildman–Crippen MR) is 145 cm³/mol. The van der Waals surface area contributed by atoms with Crippen LogP contribution in [0.3, 0.4) is 0 Å². The molecule has 0 aliphatic heterocycles. The largest absolute Gasteiger partial charge is 0.456 e. The summed E-state index contributed by atoms with van der Waals surface area (Å²) in [6, 6.07) is 17.0. The van der Waals surface area contributed by atoms with Crippen molar-refractivity contribution in [3.63, 3.8) is 0 Å². The van der Waals surface area contributed by atoms with Gasteiger partial charge < -0.3 is 18.4 Å². The smallest absolute Gasteiger partial charge is 0.333 e. The number of ether oxygens (including phenoxy) is 2. The van der Waals surface area contributed by atoms with E-state index >= 15 is 0 Å². The van der Waals surface area contributed by atoms with E-state index in [0.717, 1.165) is 13.1 Å². The molecule has 0 aliphatic carbocycles. The Morgan fingerprint density at radius 3 is 1.33 bits per heavy atom. The monoisotopic (exact) mass is 494 g/mol. The fourth-order valence-corrected chi connectivity index (χ4v) is 3.94. The Morgan fingerprint density at radius 1 is 0.667 bits per heavy atom. The molecule has 0 unspecified atom stereocenters. The molecule has 0 bridgehead atoms. The lowest BCUT2D eigenvalue weighted by Crippen LogP contribution is -2.42. The number of quaternary nitrogens is 2. The number of esters is 2. The molecular weight excluding hydrogens is 452 g/mol. The SMILES string of the molecule is C=C(C)C(=O)OCC[N+](C)(C)Cc1ccccc1-c1ccccc1C[N+](C)(C)CCOC(=O)C(=C)C. The highest BCUT2D eigenvalue weighted by Gasteiger charge is 2.23. The van der Waals surface area contributed by atoms with E-state index in [4.69, 9.17) is 9.47 Å². The molecule has 0 saturated carbocycles. The van der Waals surface area contributed by atoms with Crippen LogP contribution in [0.15, 0.2) is 72.8 Å². The summed E-state index contributed by atoms with van der Waals surface area (Å²) in [5, 5.41) is 0. The lowest BCUT2D eigenvalue weighted by atomic mass is 9.94. The van der Waals surface area contributed by atoms with E-state index in [9.17, 15) is 9.59 Å². The highest BCUT2D eigenvalue weighted by molar-refractivity contribution is 5.87. The van der Waals surface area contributed by atoms with Gasteiger partial charge in [0.15, 0.2) is 0 Å². The summed E-state index contributed by atoms with van der Waals surface area (Å²) in [7, 11) is 8.57. The fourth-order valence-electron chi connectivity index (χ4n) is 3.94. The Hall–Kier alpha value is -3.22. The van der Waals surface area contributed by atoms with Crippen molar-refractivity contribution in [1.82, 2.24) is 0 Å². The molecule has 0 N–H and O–H groups in total. The minimum Gasteiger partial charge on any atom is -0.456 e. The van der Waals surface area contributed by atoms with Crippen LogP contribution in [0.25, 0.3) is 11.1 Å². The number of nitrogens with zero attached hydrogens (tertiary/aromatic N) is 2. The third-order valence-electron chi connectivity index (χ3n) is 6.08. The van der Waals surface area contributed by atoms with Crippen molar-refractivity contribution in [2.45, 2.75) is 26.9 Å². The van der Waals surface area contributed by atoms with Crippen LogP contribution in [0.2, 0.25) is 0 Å². The molecule has 0 amide bonds. The van der Waals surface area contributed by atoms with Gasteiger partial charge in [-0.1, -0.05) is 61.7 Å². The van der Waals surface area contributed by atoms with Crippen molar-refractivity contribution >= 4 is 11.9 Å². The molecule has 0 fully saturated rings. The Bertz CT molecular complexity index is 1010. The van der Waals surface area contributed by atoms with E-state index in [1.807, 2.05) is 0 Å². The zero-order valence-electron chi connectivity index (χ0n) is 22.8. The van der Waals surface area contributed by atoms with Crippen LogP contribution in [0.4, 0.5) is 0 Å². The lowest BCUT2D eigenvalue weighted by Gasteiger charge is -2.32. The summed E-state index contributed by atoms with van der Waals surface area (Å²) in [4.78, 5) is 23.5. The van der Waals surface area contributed by atoms with Crippen molar-refractivity contribution in [3.8, 4) is 11.1 Å².